The van der Waals surface area contributed by atoms with Crippen LogP contribution in [0.4, 0.5) is 4.79 Å². The first-order valence-corrected chi connectivity index (χ1v) is 16.0. The van der Waals surface area contributed by atoms with Crippen LogP contribution >= 0.6 is 0 Å². The van der Waals surface area contributed by atoms with E-state index in [1.165, 1.54) is 76.2 Å². The summed E-state index contributed by atoms with van der Waals surface area (Å²) in [5.74, 6) is 2.90. The Morgan fingerprint density at radius 2 is 1.62 bits per heavy atom. The van der Waals surface area contributed by atoms with Crippen LogP contribution in [0, 0.1) is 34.5 Å². The maximum Gasteiger partial charge on any atom is 0.407 e. The second kappa shape index (κ2) is 12.7. The Labute approximate surface area is 227 Å². The van der Waals surface area contributed by atoms with Gasteiger partial charge >= 0.3 is 6.09 Å². The SMILES string of the molecule is CCCCCCCCCCCCNC(=O)O[C@H]1CCC2C3C(CC[C@@]21C)[C@@]1(C)CCC(=O)C=C1C[C@@H]3C. The van der Waals surface area contributed by atoms with E-state index in [9.17, 15) is 9.59 Å². The molecule has 1 amide bonds. The van der Waals surface area contributed by atoms with E-state index < -0.39 is 0 Å². The zero-order valence-corrected chi connectivity index (χ0v) is 24.4. The molecule has 4 nitrogen and oxygen atoms in total. The number of nitrogens with one attached hydrogen (secondary N) is 1. The number of amides is 1. The molecule has 4 heteroatoms. The van der Waals surface area contributed by atoms with Crippen molar-refractivity contribution < 1.29 is 14.3 Å². The standard InChI is InChI=1S/C33H55NO3/c1-5-6-7-8-9-10-11-12-13-14-21-34-31(36)37-29-16-15-27-30-24(2)22-25-23-26(35)17-19-32(25,3)28(30)18-20-33(27,29)4/h23-24,27-30H,5-22H2,1-4H3,(H,34,36)/t24-,27?,28?,29-,30?,32-,33-/m0/s1. The fourth-order valence-electron chi connectivity index (χ4n) is 9.02. The number of ketones is 1. The third kappa shape index (κ3) is 6.30. The zero-order valence-electron chi connectivity index (χ0n) is 24.4. The maximum atomic E-state index is 12.7. The van der Waals surface area contributed by atoms with E-state index in [1.54, 1.807) is 0 Å². The third-order valence-corrected chi connectivity index (χ3v) is 11.3. The maximum absolute atomic E-state index is 12.7. The van der Waals surface area contributed by atoms with E-state index in [-0.39, 0.29) is 23.0 Å². The fourth-order valence-corrected chi connectivity index (χ4v) is 9.02. The molecule has 0 bridgehead atoms. The van der Waals surface area contributed by atoms with Gasteiger partial charge in [-0.1, -0.05) is 91.1 Å². The average molecular weight is 514 g/mol. The lowest BCUT2D eigenvalue weighted by Crippen LogP contribution is -2.54. The zero-order chi connectivity index (χ0) is 26.5. The summed E-state index contributed by atoms with van der Waals surface area (Å²) in [5.41, 5.74) is 1.71. The molecule has 4 aliphatic rings. The number of fused-ring (bicyclic) bond motifs is 5. The molecule has 4 aliphatic carbocycles. The Kier molecular flexibility index (Phi) is 9.84. The highest BCUT2D eigenvalue weighted by atomic mass is 16.6. The van der Waals surface area contributed by atoms with Gasteiger partial charge < -0.3 is 10.1 Å². The van der Waals surface area contributed by atoms with Crippen molar-refractivity contribution in [1.82, 2.24) is 5.32 Å². The minimum atomic E-state index is -0.204. The first kappa shape index (κ1) is 28.7. The van der Waals surface area contributed by atoms with Crippen molar-refractivity contribution in [3.63, 3.8) is 0 Å². The van der Waals surface area contributed by atoms with Gasteiger partial charge in [0.15, 0.2) is 5.78 Å². The second-order valence-electron chi connectivity index (χ2n) is 13.6. The van der Waals surface area contributed by atoms with Crippen molar-refractivity contribution in [3.05, 3.63) is 11.6 Å². The summed E-state index contributed by atoms with van der Waals surface area (Å²) in [5, 5.41) is 3.06. The molecule has 7 atom stereocenters. The molecule has 0 aromatic rings. The number of unbranched alkanes of at least 4 members (excludes halogenated alkanes) is 9. The van der Waals surface area contributed by atoms with Crippen LogP contribution in [0.3, 0.4) is 0 Å². The van der Waals surface area contributed by atoms with Crippen LogP contribution in [0.2, 0.25) is 0 Å². The van der Waals surface area contributed by atoms with Gasteiger partial charge in [0.2, 0.25) is 0 Å². The van der Waals surface area contributed by atoms with Gasteiger partial charge in [0.1, 0.15) is 6.10 Å². The number of ether oxygens (including phenoxy) is 1. The van der Waals surface area contributed by atoms with E-state index in [0.29, 0.717) is 35.9 Å². The smallest absolute Gasteiger partial charge is 0.407 e. The Morgan fingerprint density at radius 3 is 2.32 bits per heavy atom. The van der Waals surface area contributed by atoms with Gasteiger partial charge in [0.05, 0.1) is 0 Å². The fraction of sp³-hybridized carbons (Fsp3) is 0.879. The Hall–Kier alpha value is -1.32. The summed E-state index contributed by atoms with van der Waals surface area (Å²) in [7, 11) is 0. The largest absolute Gasteiger partial charge is 0.446 e. The second-order valence-corrected chi connectivity index (χ2v) is 13.6. The van der Waals surface area contributed by atoms with Gasteiger partial charge in [-0.15, -0.1) is 0 Å². The van der Waals surface area contributed by atoms with Crippen molar-refractivity contribution in [2.24, 2.45) is 34.5 Å². The molecule has 37 heavy (non-hydrogen) atoms. The quantitative estimate of drug-likeness (QED) is 0.265. The minimum Gasteiger partial charge on any atom is -0.446 e. The normalized spacial score (nSPS) is 36.8. The molecular weight excluding hydrogens is 458 g/mol. The van der Waals surface area contributed by atoms with Crippen LogP contribution in [-0.4, -0.2) is 24.5 Å². The van der Waals surface area contributed by atoms with Crippen LogP contribution < -0.4 is 5.32 Å². The lowest BCUT2D eigenvalue weighted by Gasteiger charge is -2.59. The summed E-state index contributed by atoms with van der Waals surface area (Å²) in [6, 6.07) is 0. The summed E-state index contributed by atoms with van der Waals surface area (Å²) < 4.78 is 6.13. The van der Waals surface area contributed by atoms with Crippen LogP contribution in [0.5, 0.6) is 0 Å². The van der Waals surface area contributed by atoms with Crippen LogP contribution in [0.25, 0.3) is 0 Å². The number of carbonyl (C=O) groups is 2. The molecule has 0 aliphatic heterocycles. The Balaban J connectivity index is 1.21. The number of alkyl carbamates (subject to hydrolysis) is 1. The van der Waals surface area contributed by atoms with Gasteiger partial charge in [-0.25, -0.2) is 4.79 Å². The molecular formula is C33H55NO3. The van der Waals surface area contributed by atoms with Crippen molar-refractivity contribution >= 4 is 11.9 Å². The van der Waals surface area contributed by atoms with Gasteiger partial charge in [0.25, 0.3) is 0 Å². The molecule has 3 fully saturated rings. The molecule has 4 rings (SSSR count). The Morgan fingerprint density at radius 1 is 0.946 bits per heavy atom. The van der Waals surface area contributed by atoms with E-state index in [0.717, 1.165) is 38.6 Å². The summed E-state index contributed by atoms with van der Waals surface area (Å²) >= 11 is 0. The molecule has 0 spiro atoms. The lowest BCUT2D eigenvalue weighted by molar-refractivity contribution is -0.119. The van der Waals surface area contributed by atoms with E-state index in [1.807, 2.05) is 6.08 Å². The number of carbonyl (C=O) groups excluding carboxylic acids is 2. The van der Waals surface area contributed by atoms with Crippen molar-refractivity contribution in [3.8, 4) is 0 Å². The van der Waals surface area contributed by atoms with Gasteiger partial charge in [-0.3, -0.25) is 4.79 Å². The average Bonchev–Trinajstić information content (AvgIpc) is 3.19. The van der Waals surface area contributed by atoms with Crippen LogP contribution in [-0.2, 0) is 9.53 Å². The van der Waals surface area contributed by atoms with Crippen molar-refractivity contribution in [1.29, 1.82) is 0 Å². The monoisotopic (exact) mass is 513 g/mol. The highest BCUT2D eigenvalue weighted by Crippen LogP contribution is 2.66. The molecule has 0 heterocycles. The molecule has 0 aromatic carbocycles. The first-order chi connectivity index (χ1) is 17.8. The molecule has 3 saturated carbocycles. The van der Waals surface area contributed by atoms with Gasteiger partial charge in [0, 0.05) is 18.4 Å². The van der Waals surface area contributed by atoms with Crippen LogP contribution in [0.1, 0.15) is 137 Å². The van der Waals surface area contributed by atoms with Gasteiger partial charge in [-0.05, 0) is 80.1 Å². The van der Waals surface area contributed by atoms with E-state index in [4.69, 9.17) is 4.74 Å². The minimum absolute atomic E-state index is 0.0380. The van der Waals surface area contributed by atoms with Crippen LogP contribution in [0.15, 0.2) is 11.6 Å². The number of rotatable bonds is 12. The summed E-state index contributed by atoms with van der Waals surface area (Å²) in [6.07, 6.45) is 22.2. The third-order valence-electron chi connectivity index (χ3n) is 11.3. The molecule has 210 valence electrons. The molecule has 0 radical (unpaired) electrons. The first-order valence-electron chi connectivity index (χ1n) is 16.0. The predicted molar refractivity (Wildman–Crippen MR) is 151 cm³/mol. The van der Waals surface area contributed by atoms with Crippen molar-refractivity contribution in [2.45, 2.75) is 143 Å². The molecule has 1 N–H and O–H groups in total. The number of hydrogen-bond donors (Lipinski definition) is 1. The lowest BCUT2D eigenvalue weighted by atomic mass is 9.45. The number of hydrogen-bond acceptors (Lipinski definition) is 3. The van der Waals surface area contributed by atoms with E-state index >= 15 is 0 Å². The molecule has 3 unspecified atom stereocenters. The highest BCUT2D eigenvalue weighted by molar-refractivity contribution is 5.91. The van der Waals surface area contributed by atoms with E-state index in [2.05, 4.69) is 33.0 Å². The molecule has 0 aromatic heterocycles. The number of allylic oxidation sites excluding steroid dienone is 1. The summed E-state index contributed by atoms with van der Waals surface area (Å²) in [6.45, 7) is 10.3. The highest BCUT2D eigenvalue weighted by Gasteiger charge is 2.61. The van der Waals surface area contributed by atoms with Gasteiger partial charge in [-0.2, -0.15) is 0 Å². The summed E-state index contributed by atoms with van der Waals surface area (Å²) in [4.78, 5) is 24.9. The van der Waals surface area contributed by atoms with Crippen molar-refractivity contribution in [2.75, 3.05) is 6.54 Å². The Bertz CT molecular complexity index is 820. The topological polar surface area (TPSA) is 55.4 Å². The molecule has 0 saturated heterocycles. The predicted octanol–water partition coefficient (Wildman–Crippen LogP) is 8.78.